The van der Waals surface area contributed by atoms with Gasteiger partial charge < -0.3 is 9.84 Å². The average molecular weight is 477 g/mol. The summed E-state index contributed by atoms with van der Waals surface area (Å²) >= 11 is 0. The third kappa shape index (κ3) is 9.01. The SMILES string of the molecule is O=C(O)CCCCCCCCCCCCCCCOC(=O)c1c2ccccc2cc2ccccc12. The number of carbonyl (C=O) groups excluding carboxylic acids is 1. The summed E-state index contributed by atoms with van der Waals surface area (Å²) in [5.41, 5.74) is 0.680. The van der Waals surface area contributed by atoms with Gasteiger partial charge in [-0.2, -0.15) is 0 Å². The molecule has 0 spiro atoms. The van der Waals surface area contributed by atoms with Crippen LogP contribution in [0, 0.1) is 0 Å². The summed E-state index contributed by atoms with van der Waals surface area (Å²) in [6.45, 7) is 0.475. The fraction of sp³-hybridized carbons (Fsp3) is 0.484. The van der Waals surface area contributed by atoms with Crippen LogP contribution in [0.5, 0.6) is 0 Å². The Balaban J connectivity index is 1.25. The molecular weight excluding hydrogens is 436 g/mol. The molecule has 0 aliphatic rings. The highest BCUT2D eigenvalue weighted by Crippen LogP contribution is 2.29. The molecule has 0 amide bonds. The molecule has 0 saturated heterocycles. The molecule has 0 fully saturated rings. The summed E-state index contributed by atoms with van der Waals surface area (Å²) in [5.74, 6) is -0.902. The average Bonchev–Trinajstić information content (AvgIpc) is 2.86. The highest BCUT2D eigenvalue weighted by molar-refractivity contribution is 6.16. The number of carboxylic acid groups (broad SMARTS) is 1. The van der Waals surface area contributed by atoms with Crippen LogP contribution >= 0.6 is 0 Å². The smallest absolute Gasteiger partial charge is 0.339 e. The van der Waals surface area contributed by atoms with E-state index in [2.05, 4.69) is 6.07 Å². The summed E-state index contributed by atoms with van der Waals surface area (Å²) < 4.78 is 5.70. The van der Waals surface area contributed by atoms with Crippen molar-refractivity contribution < 1.29 is 19.4 Å². The first-order chi connectivity index (χ1) is 17.2. The lowest BCUT2D eigenvalue weighted by molar-refractivity contribution is -0.137. The van der Waals surface area contributed by atoms with Crippen LogP contribution in [0.3, 0.4) is 0 Å². The quantitative estimate of drug-likeness (QED) is 0.120. The van der Waals surface area contributed by atoms with E-state index in [9.17, 15) is 9.59 Å². The molecule has 35 heavy (non-hydrogen) atoms. The van der Waals surface area contributed by atoms with E-state index in [1.54, 1.807) is 0 Å². The fourth-order valence-electron chi connectivity index (χ4n) is 4.79. The second-order valence-corrected chi connectivity index (χ2v) is 9.57. The van der Waals surface area contributed by atoms with Crippen LogP contribution in [-0.2, 0) is 9.53 Å². The molecule has 188 valence electrons. The predicted octanol–water partition coefficient (Wildman–Crippen LogP) is 8.70. The van der Waals surface area contributed by atoms with Gasteiger partial charge in [-0.05, 0) is 40.5 Å². The first kappa shape index (κ1) is 26.7. The van der Waals surface area contributed by atoms with Crippen LogP contribution in [-0.4, -0.2) is 23.7 Å². The molecule has 4 heteroatoms. The number of benzene rings is 3. The Labute approximate surface area is 209 Å². The molecule has 0 saturated carbocycles. The zero-order valence-corrected chi connectivity index (χ0v) is 21.0. The van der Waals surface area contributed by atoms with E-state index in [-0.39, 0.29) is 5.97 Å². The molecule has 0 aliphatic heterocycles. The van der Waals surface area contributed by atoms with E-state index < -0.39 is 5.97 Å². The monoisotopic (exact) mass is 476 g/mol. The van der Waals surface area contributed by atoms with E-state index in [1.807, 2.05) is 48.5 Å². The second-order valence-electron chi connectivity index (χ2n) is 9.57. The van der Waals surface area contributed by atoms with Crippen LogP contribution in [0.1, 0.15) is 100 Å². The van der Waals surface area contributed by atoms with Crippen LogP contribution in [0.25, 0.3) is 21.5 Å². The molecule has 3 aromatic carbocycles. The highest BCUT2D eigenvalue weighted by atomic mass is 16.5. The molecule has 4 nitrogen and oxygen atoms in total. The number of aliphatic carboxylic acids is 1. The zero-order chi connectivity index (χ0) is 24.7. The molecule has 0 radical (unpaired) electrons. The number of ether oxygens (including phenoxy) is 1. The minimum absolute atomic E-state index is 0.222. The van der Waals surface area contributed by atoms with Gasteiger partial charge in [-0.15, -0.1) is 0 Å². The number of esters is 1. The normalized spacial score (nSPS) is 11.2. The van der Waals surface area contributed by atoms with Crippen molar-refractivity contribution in [2.75, 3.05) is 6.61 Å². The van der Waals surface area contributed by atoms with Crippen LogP contribution in [0.4, 0.5) is 0 Å². The molecule has 0 atom stereocenters. The minimum atomic E-state index is -0.680. The van der Waals surface area contributed by atoms with E-state index >= 15 is 0 Å². The Morgan fingerprint density at radius 1 is 0.600 bits per heavy atom. The molecule has 0 heterocycles. The maximum atomic E-state index is 13.0. The standard InChI is InChI=1S/C31H40O4/c32-29(33)22-12-10-8-6-4-2-1-3-5-7-9-11-17-23-35-31(34)30-27-20-15-13-18-25(27)24-26-19-14-16-21-28(26)30/h13-16,18-21,24H,1-12,17,22-23H2,(H,32,33). The number of unbranched alkanes of at least 4 members (excludes halogenated alkanes) is 12. The fourth-order valence-corrected chi connectivity index (χ4v) is 4.79. The number of carbonyl (C=O) groups is 2. The Kier molecular flexibility index (Phi) is 11.6. The Bertz CT molecular complexity index is 1020. The molecule has 0 aliphatic carbocycles. The summed E-state index contributed by atoms with van der Waals surface area (Å²) in [5, 5.41) is 12.7. The van der Waals surface area contributed by atoms with Crippen molar-refractivity contribution in [1.82, 2.24) is 0 Å². The third-order valence-electron chi connectivity index (χ3n) is 6.74. The van der Waals surface area contributed by atoms with E-state index in [1.165, 1.54) is 51.4 Å². The lowest BCUT2D eigenvalue weighted by Gasteiger charge is -2.11. The van der Waals surface area contributed by atoms with Crippen LogP contribution in [0.15, 0.2) is 54.6 Å². The van der Waals surface area contributed by atoms with Crippen LogP contribution < -0.4 is 0 Å². The first-order valence-corrected chi connectivity index (χ1v) is 13.5. The van der Waals surface area contributed by atoms with Crippen molar-refractivity contribution in [2.45, 2.75) is 89.9 Å². The Morgan fingerprint density at radius 2 is 1.03 bits per heavy atom. The zero-order valence-electron chi connectivity index (χ0n) is 21.0. The third-order valence-corrected chi connectivity index (χ3v) is 6.74. The predicted molar refractivity (Wildman–Crippen MR) is 144 cm³/mol. The minimum Gasteiger partial charge on any atom is -0.481 e. The number of hydrogen-bond acceptors (Lipinski definition) is 3. The van der Waals surface area contributed by atoms with Crippen molar-refractivity contribution in [2.24, 2.45) is 0 Å². The van der Waals surface area contributed by atoms with Gasteiger partial charge in [-0.25, -0.2) is 4.79 Å². The summed E-state index contributed by atoms with van der Waals surface area (Å²) in [6, 6.07) is 18.2. The second kappa shape index (κ2) is 15.2. The van der Waals surface area contributed by atoms with Gasteiger partial charge in [0.1, 0.15) is 0 Å². The summed E-state index contributed by atoms with van der Waals surface area (Å²) in [7, 11) is 0. The molecular formula is C31H40O4. The molecule has 3 rings (SSSR count). The Hall–Kier alpha value is -2.88. The van der Waals surface area contributed by atoms with E-state index in [4.69, 9.17) is 9.84 Å². The van der Waals surface area contributed by atoms with Crippen molar-refractivity contribution in [1.29, 1.82) is 0 Å². The number of fused-ring (bicyclic) bond motifs is 2. The lowest BCUT2D eigenvalue weighted by Crippen LogP contribution is -2.08. The largest absolute Gasteiger partial charge is 0.481 e. The summed E-state index contributed by atoms with van der Waals surface area (Å²) in [6.07, 6.45) is 15.4. The lowest BCUT2D eigenvalue weighted by atomic mass is 9.97. The number of rotatable bonds is 17. The van der Waals surface area contributed by atoms with Crippen molar-refractivity contribution in [3.8, 4) is 0 Å². The first-order valence-electron chi connectivity index (χ1n) is 13.5. The van der Waals surface area contributed by atoms with Crippen molar-refractivity contribution >= 4 is 33.5 Å². The maximum absolute atomic E-state index is 13.0. The van der Waals surface area contributed by atoms with Gasteiger partial charge in [-0.1, -0.05) is 119 Å². The topological polar surface area (TPSA) is 63.6 Å². The van der Waals surface area contributed by atoms with E-state index in [0.29, 0.717) is 18.6 Å². The van der Waals surface area contributed by atoms with Crippen molar-refractivity contribution in [3.63, 3.8) is 0 Å². The van der Waals surface area contributed by atoms with Gasteiger partial charge in [0.2, 0.25) is 0 Å². The van der Waals surface area contributed by atoms with Crippen LogP contribution in [0.2, 0.25) is 0 Å². The molecule has 0 unspecified atom stereocenters. The van der Waals surface area contributed by atoms with Gasteiger partial charge in [0.25, 0.3) is 0 Å². The van der Waals surface area contributed by atoms with Gasteiger partial charge in [0, 0.05) is 6.42 Å². The number of carboxylic acids is 1. The molecule has 0 bridgehead atoms. The Morgan fingerprint density at radius 3 is 1.51 bits per heavy atom. The van der Waals surface area contributed by atoms with Gasteiger partial charge >= 0.3 is 11.9 Å². The maximum Gasteiger partial charge on any atom is 0.339 e. The van der Waals surface area contributed by atoms with Gasteiger partial charge in [0.15, 0.2) is 0 Å². The van der Waals surface area contributed by atoms with E-state index in [0.717, 1.165) is 53.6 Å². The summed E-state index contributed by atoms with van der Waals surface area (Å²) in [4.78, 5) is 23.5. The van der Waals surface area contributed by atoms with Gasteiger partial charge in [-0.3, -0.25) is 4.79 Å². The van der Waals surface area contributed by atoms with Crippen molar-refractivity contribution in [3.05, 3.63) is 60.2 Å². The number of hydrogen-bond donors (Lipinski definition) is 1. The van der Waals surface area contributed by atoms with Gasteiger partial charge in [0.05, 0.1) is 12.2 Å². The highest BCUT2D eigenvalue weighted by Gasteiger charge is 2.16. The molecule has 3 aromatic rings. The molecule has 1 N–H and O–H groups in total. The molecule has 0 aromatic heterocycles.